The minimum Gasteiger partial charge on any atom is -0.376 e. The fourth-order valence-corrected chi connectivity index (χ4v) is 3.37. The quantitative estimate of drug-likeness (QED) is 0.646. The summed E-state index contributed by atoms with van der Waals surface area (Å²) in [5.41, 5.74) is 1.53. The van der Waals surface area contributed by atoms with Crippen molar-refractivity contribution in [2.24, 2.45) is 0 Å². The van der Waals surface area contributed by atoms with Crippen molar-refractivity contribution < 1.29 is 9.53 Å². The zero-order chi connectivity index (χ0) is 16.2. The van der Waals surface area contributed by atoms with Crippen molar-refractivity contribution in [1.29, 1.82) is 0 Å². The van der Waals surface area contributed by atoms with Crippen LogP contribution in [-0.4, -0.2) is 39.0 Å². The predicted molar refractivity (Wildman–Crippen MR) is 88.1 cm³/mol. The van der Waals surface area contributed by atoms with E-state index in [4.69, 9.17) is 4.74 Å². The van der Waals surface area contributed by atoms with Gasteiger partial charge in [0.25, 0.3) is 0 Å². The lowest BCUT2D eigenvalue weighted by atomic mass is 10.1. The number of aromatic amines is 1. The molecule has 0 spiro atoms. The van der Waals surface area contributed by atoms with E-state index >= 15 is 0 Å². The van der Waals surface area contributed by atoms with Gasteiger partial charge in [0.1, 0.15) is 0 Å². The molecular formula is C16H19N3O3S. The summed E-state index contributed by atoms with van der Waals surface area (Å²) in [6, 6.07) is 7.48. The van der Waals surface area contributed by atoms with Crippen molar-refractivity contribution in [3.8, 4) is 0 Å². The predicted octanol–water partition coefficient (Wildman–Crippen LogP) is 2.03. The lowest BCUT2D eigenvalue weighted by molar-refractivity contribution is 0.0941. The molecule has 0 radical (unpaired) electrons. The number of H-pyrrole nitrogens is 1. The maximum absolute atomic E-state index is 12.2. The summed E-state index contributed by atoms with van der Waals surface area (Å²) in [6.45, 7) is 3.21. The summed E-state index contributed by atoms with van der Waals surface area (Å²) in [5, 5.41) is 7.00. The first-order chi connectivity index (χ1) is 11.1. The van der Waals surface area contributed by atoms with Gasteiger partial charge in [0.05, 0.1) is 18.4 Å². The van der Waals surface area contributed by atoms with E-state index in [-0.39, 0.29) is 23.3 Å². The van der Waals surface area contributed by atoms with Gasteiger partial charge in [-0.15, -0.1) is 5.10 Å². The average molecular weight is 333 g/mol. The molecule has 0 aliphatic carbocycles. The second-order valence-corrected chi connectivity index (χ2v) is 6.58. The number of aromatic nitrogens is 3. The standard InChI is InChI=1S/C16H19N3O3S/c1-11-4-6-12(7-5-11)14(20)10-23-16-18-17-15(21)19(16)9-13-3-2-8-22-13/h4-7,13H,2-3,8-10H2,1H3,(H,17,21). The molecule has 122 valence electrons. The number of nitrogens with zero attached hydrogens (tertiary/aromatic N) is 2. The number of Topliss-reactive ketones (excluding diaryl/α,β-unsaturated/α-hetero) is 1. The molecule has 0 amide bonds. The molecule has 7 heteroatoms. The number of ketones is 1. The van der Waals surface area contributed by atoms with E-state index in [1.54, 1.807) is 4.57 Å². The topological polar surface area (TPSA) is 77.0 Å². The number of benzene rings is 1. The Morgan fingerprint density at radius 1 is 1.43 bits per heavy atom. The lowest BCUT2D eigenvalue weighted by Crippen LogP contribution is -2.25. The van der Waals surface area contributed by atoms with Gasteiger partial charge in [-0.1, -0.05) is 41.6 Å². The molecule has 23 heavy (non-hydrogen) atoms. The minimum atomic E-state index is -0.259. The Hall–Kier alpha value is -1.86. The average Bonchev–Trinajstić information content (AvgIpc) is 3.18. The van der Waals surface area contributed by atoms with Crippen LogP contribution in [0.3, 0.4) is 0 Å². The summed E-state index contributed by atoms with van der Waals surface area (Å²) in [4.78, 5) is 24.1. The number of carbonyl (C=O) groups is 1. The number of carbonyl (C=O) groups excluding carboxylic acids is 1. The Morgan fingerprint density at radius 3 is 2.91 bits per heavy atom. The Bertz CT molecular complexity index is 730. The summed E-state index contributed by atoms with van der Waals surface area (Å²) in [6.07, 6.45) is 2.02. The summed E-state index contributed by atoms with van der Waals surface area (Å²) < 4.78 is 7.12. The van der Waals surface area contributed by atoms with Crippen LogP contribution in [0.4, 0.5) is 0 Å². The van der Waals surface area contributed by atoms with Gasteiger partial charge in [0.2, 0.25) is 0 Å². The van der Waals surface area contributed by atoms with Gasteiger partial charge in [-0.3, -0.25) is 9.36 Å². The van der Waals surface area contributed by atoms with E-state index in [1.165, 1.54) is 11.8 Å². The molecular weight excluding hydrogens is 314 g/mol. The molecule has 0 saturated carbocycles. The molecule has 1 N–H and O–H groups in total. The van der Waals surface area contributed by atoms with Crippen LogP contribution in [0.15, 0.2) is 34.2 Å². The third kappa shape index (κ3) is 3.92. The van der Waals surface area contributed by atoms with Gasteiger partial charge >= 0.3 is 5.69 Å². The molecule has 1 aliphatic heterocycles. The minimum absolute atomic E-state index is 0.0223. The van der Waals surface area contributed by atoms with Crippen molar-refractivity contribution in [3.05, 3.63) is 45.9 Å². The molecule has 0 bridgehead atoms. The summed E-state index contributed by atoms with van der Waals surface area (Å²) in [5.74, 6) is 0.271. The first kappa shape index (κ1) is 16.0. The number of thioether (sulfide) groups is 1. The van der Waals surface area contributed by atoms with Crippen LogP contribution in [0.2, 0.25) is 0 Å². The molecule has 3 rings (SSSR count). The molecule has 1 aromatic heterocycles. The molecule has 6 nitrogen and oxygen atoms in total. The first-order valence-corrected chi connectivity index (χ1v) is 8.61. The Balaban J connectivity index is 1.64. The highest BCUT2D eigenvalue weighted by molar-refractivity contribution is 7.99. The monoisotopic (exact) mass is 333 g/mol. The molecule has 1 fully saturated rings. The first-order valence-electron chi connectivity index (χ1n) is 7.63. The molecule has 1 atom stereocenters. The number of hydrogen-bond acceptors (Lipinski definition) is 5. The van der Waals surface area contributed by atoms with E-state index in [1.807, 2.05) is 31.2 Å². The summed E-state index contributed by atoms with van der Waals surface area (Å²) >= 11 is 1.27. The second-order valence-electron chi connectivity index (χ2n) is 5.63. The third-order valence-corrected chi connectivity index (χ3v) is 4.82. The molecule has 2 aromatic rings. The maximum atomic E-state index is 12.2. The molecule has 1 unspecified atom stereocenters. The number of ether oxygens (including phenoxy) is 1. The number of rotatable bonds is 6. The van der Waals surface area contributed by atoms with Crippen molar-refractivity contribution in [2.75, 3.05) is 12.4 Å². The van der Waals surface area contributed by atoms with Gasteiger partial charge < -0.3 is 4.74 Å². The van der Waals surface area contributed by atoms with E-state index < -0.39 is 0 Å². The van der Waals surface area contributed by atoms with Gasteiger partial charge in [-0.25, -0.2) is 9.89 Å². The normalized spacial score (nSPS) is 17.5. The lowest BCUT2D eigenvalue weighted by Gasteiger charge is -2.10. The fraction of sp³-hybridized carbons (Fsp3) is 0.438. The SMILES string of the molecule is Cc1ccc(C(=O)CSc2n[nH]c(=O)n2CC2CCCO2)cc1. The van der Waals surface area contributed by atoms with Gasteiger partial charge in [0, 0.05) is 12.2 Å². The van der Waals surface area contributed by atoms with Crippen molar-refractivity contribution in [3.63, 3.8) is 0 Å². The third-order valence-electron chi connectivity index (χ3n) is 3.84. The smallest absolute Gasteiger partial charge is 0.344 e. The zero-order valence-electron chi connectivity index (χ0n) is 12.9. The van der Waals surface area contributed by atoms with Crippen LogP contribution < -0.4 is 5.69 Å². The Kier molecular flexibility index (Phi) is 4.97. The Labute approximate surface area is 138 Å². The number of aryl methyl sites for hydroxylation is 1. The highest BCUT2D eigenvalue weighted by Crippen LogP contribution is 2.19. The van der Waals surface area contributed by atoms with Crippen molar-refractivity contribution in [1.82, 2.24) is 14.8 Å². The maximum Gasteiger partial charge on any atom is 0.344 e. The molecule has 1 aliphatic rings. The number of nitrogens with one attached hydrogen (secondary N) is 1. The van der Waals surface area contributed by atoms with Gasteiger partial charge in [-0.05, 0) is 19.8 Å². The van der Waals surface area contributed by atoms with E-state index in [0.29, 0.717) is 17.3 Å². The van der Waals surface area contributed by atoms with Gasteiger partial charge in [-0.2, -0.15) is 0 Å². The molecule has 2 heterocycles. The second kappa shape index (κ2) is 7.14. The molecule has 1 saturated heterocycles. The van der Waals surface area contributed by atoms with E-state index in [0.717, 1.165) is 25.0 Å². The summed E-state index contributed by atoms with van der Waals surface area (Å²) in [7, 11) is 0. The van der Waals surface area contributed by atoms with E-state index in [2.05, 4.69) is 10.2 Å². The number of hydrogen-bond donors (Lipinski definition) is 1. The van der Waals surface area contributed by atoms with Crippen LogP contribution in [0.25, 0.3) is 0 Å². The van der Waals surface area contributed by atoms with Crippen molar-refractivity contribution >= 4 is 17.5 Å². The highest BCUT2D eigenvalue weighted by atomic mass is 32.2. The molecule has 1 aromatic carbocycles. The van der Waals surface area contributed by atoms with Crippen LogP contribution in [0, 0.1) is 6.92 Å². The fourth-order valence-electron chi connectivity index (χ4n) is 2.52. The van der Waals surface area contributed by atoms with Gasteiger partial charge in [0.15, 0.2) is 10.9 Å². The van der Waals surface area contributed by atoms with E-state index in [9.17, 15) is 9.59 Å². The van der Waals surface area contributed by atoms with Crippen LogP contribution in [0.1, 0.15) is 28.8 Å². The Morgan fingerprint density at radius 2 is 2.22 bits per heavy atom. The zero-order valence-corrected chi connectivity index (χ0v) is 13.8. The van der Waals surface area contributed by atoms with Crippen LogP contribution >= 0.6 is 11.8 Å². The van der Waals surface area contributed by atoms with Crippen molar-refractivity contribution in [2.45, 2.75) is 37.6 Å². The van der Waals surface area contributed by atoms with Crippen LogP contribution in [0.5, 0.6) is 0 Å². The largest absolute Gasteiger partial charge is 0.376 e. The van der Waals surface area contributed by atoms with Crippen LogP contribution in [-0.2, 0) is 11.3 Å². The highest BCUT2D eigenvalue weighted by Gasteiger charge is 2.20.